The zero-order valence-corrected chi connectivity index (χ0v) is 9.22. The van der Waals surface area contributed by atoms with Crippen LogP contribution in [0.2, 0.25) is 0 Å². The maximum absolute atomic E-state index is 11.6. The first-order chi connectivity index (χ1) is 7.70. The van der Waals surface area contributed by atoms with Crippen LogP contribution in [0.4, 0.5) is 0 Å². The standard InChI is InChI=1S/C12H16O4/c1-2-16-12(15)10-6-4-3-5-9(10)11(14)7-8-13/h3-6,11,13-14H,2,7-8H2,1H3. The molecule has 2 N–H and O–H groups in total. The van der Waals surface area contributed by atoms with Gasteiger partial charge in [0.1, 0.15) is 0 Å². The summed E-state index contributed by atoms with van der Waals surface area (Å²) in [4.78, 5) is 11.6. The summed E-state index contributed by atoms with van der Waals surface area (Å²) in [6, 6.07) is 6.71. The minimum atomic E-state index is -0.842. The maximum Gasteiger partial charge on any atom is 0.338 e. The molecule has 4 nitrogen and oxygen atoms in total. The Morgan fingerprint density at radius 2 is 2.12 bits per heavy atom. The van der Waals surface area contributed by atoms with E-state index in [1.807, 2.05) is 0 Å². The molecular formula is C12H16O4. The molecule has 0 aliphatic heterocycles. The van der Waals surface area contributed by atoms with E-state index in [0.29, 0.717) is 17.7 Å². The number of hydrogen-bond donors (Lipinski definition) is 2. The van der Waals surface area contributed by atoms with E-state index in [4.69, 9.17) is 9.84 Å². The summed E-state index contributed by atoms with van der Waals surface area (Å²) >= 11 is 0. The molecule has 0 saturated heterocycles. The zero-order valence-electron chi connectivity index (χ0n) is 9.22. The molecule has 1 aromatic rings. The van der Waals surface area contributed by atoms with Crippen LogP contribution in [0.3, 0.4) is 0 Å². The van der Waals surface area contributed by atoms with Gasteiger partial charge in [0.2, 0.25) is 0 Å². The van der Waals surface area contributed by atoms with Crippen molar-refractivity contribution in [2.24, 2.45) is 0 Å². The molecule has 0 aromatic heterocycles. The lowest BCUT2D eigenvalue weighted by atomic mass is 10.0. The molecule has 1 unspecified atom stereocenters. The second kappa shape index (κ2) is 6.25. The quantitative estimate of drug-likeness (QED) is 0.739. The van der Waals surface area contributed by atoms with Crippen LogP contribution in [0.25, 0.3) is 0 Å². The van der Waals surface area contributed by atoms with Crippen molar-refractivity contribution in [3.05, 3.63) is 35.4 Å². The van der Waals surface area contributed by atoms with Gasteiger partial charge in [-0.05, 0) is 18.6 Å². The number of carbonyl (C=O) groups is 1. The fourth-order valence-electron chi connectivity index (χ4n) is 1.46. The third-order valence-electron chi connectivity index (χ3n) is 2.22. The Balaban J connectivity index is 2.95. The van der Waals surface area contributed by atoms with Crippen molar-refractivity contribution < 1.29 is 19.7 Å². The third-order valence-corrected chi connectivity index (χ3v) is 2.22. The van der Waals surface area contributed by atoms with Crippen molar-refractivity contribution >= 4 is 5.97 Å². The van der Waals surface area contributed by atoms with E-state index < -0.39 is 12.1 Å². The number of esters is 1. The minimum Gasteiger partial charge on any atom is -0.462 e. The van der Waals surface area contributed by atoms with Crippen LogP contribution in [0, 0.1) is 0 Å². The third kappa shape index (κ3) is 3.05. The van der Waals surface area contributed by atoms with Gasteiger partial charge in [-0.1, -0.05) is 18.2 Å². The number of ether oxygens (including phenoxy) is 1. The van der Waals surface area contributed by atoms with E-state index in [1.165, 1.54) is 0 Å². The molecule has 0 aliphatic rings. The van der Waals surface area contributed by atoms with Crippen molar-refractivity contribution in [2.45, 2.75) is 19.4 Å². The summed E-state index contributed by atoms with van der Waals surface area (Å²) in [6.45, 7) is 1.90. The monoisotopic (exact) mass is 224 g/mol. The van der Waals surface area contributed by atoms with Gasteiger partial charge in [-0.15, -0.1) is 0 Å². The van der Waals surface area contributed by atoms with E-state index in [0.717, 1.165) is 0 Å². The molecule has 88 valence electrons. The topological polar surface area (TPSA) is 66.8 Å². The van der Waals surface area contributed by atoms with Gasteiger partial charge >= 0.3 is 5.97 Å². The molecule has 0 heterocycles. The first-order valence-corrected chi connectivity index (χ1v) is 5.25. The van der Waals surface area contributed by atoms with Crippen molar-refractivity contribution in [3.8, 4) is 0 Å². The maximum atomic E-state index is 11.6. The number of carbonyl (C=O) groups excluding carboxylic acids is 1. The second-order valence-electron chi connectivity index (χ2n) is 3.34. The van der Waals surface area contributed by atoms with Crippen LogP contribution in [0.5, 0.6) is 0 Å². The molecule has 0 amide bonds. The number of aliphatic hydroxyl groups is 2. The van der Waals surface area contributed by atoms with Crippen molar-refractivity contribution in [3.63, 3.8) is 0 Å². The van der Waals surface area contributed by atoms with Crippen LogP contribution < -0.4 is 0 Å². The molecule has 0 fully saturated rings. The summed E-state index contributed by atoms with van der Waals surface area (Å²) in [5.74, 6) is -0.449. The molecule has 0 spiro atoms. The van der Waals surface area contributed by atoms with Crippen LogP contribution in [0.15, 0.2) is 24.3 Å². The van der Waals surface area contributed by atoms with Crippen LogP contribution >= 0.6 is 0 Å². The Morgan fingerprint density at radius 1 is 1.44 bits per heavy atom. The van der Waals surface area contributed by atoms with E-state index in [2.05, 4.69) is 0 Å². The smallest absolute Gasteiger partial charge is 0.338 e. The fraction of sp³-hybridized carbons (Fsp3) is 0.417. The summed E-state index contributed by atoms with van der Waals surface area (Å²) < 4.78 is 4.88. The number of rotatable bonds is 5. The second-order valence-corrected chi connectivity index (χ2v) is 3.34. The molecular weight excluding hydrogens is 208 g/mol. The molecule has 16 heavy (non-hydrogen) atoms. The summed E-state index contributed by atoms with van der Waals surface area (Å²) in [7, 11) is 0. The highest BCUT2D eigenvalue weighted by atomic mass is 16.5. The molecule has 0 radical (unpaired) electrons. The Bertz CT molecular complexity index is 349. The fourth-order valence-corrected chi connectivity index (χ4v) is 1.46. The van der Waals surface area contributed by atoms with E-state index >= 15 is 0 Å². The normalized spacial score (nSPS) is 12.2. The molecule has 0 aliphatic carbocycles. The first-order valence-electron chi connectivity index (χ1n) is 5.25. The van der Waals surface area contributed by atoms with Crippen LogP contribution in [0.1, 0.15) is 35.4 Å². The van der Waals surface area contributed by atoms with E-state index in [-0.39, 0.29) is 13.0 Å². The van der Waals surface area contributed by atoms with Crippen molar-refractivity contribution in [1.82, 2.24) is 0 Å². The first kappa shape index (κ1) is 12.7. The lowest BCUT2D eigenvalue weighted by molar-refractivity contribution is 0.0516. The molecule has 0 bridgehead atoms. The molecule has 1 aromatic carbocycles. The highest BCUT2D eigenvalue weighted by Gasteiger charge is 2.17. The van der Waals surface area contributed by atoms with Crippen molar-refractivity contribution in [2.75, 3.05) is 13.2 Å². The molecule has 1 atom stereocenters. The van der Waals surface area contributed by atoms with Gasteiger partial charge in [0.15, 0.2) is 0 Å². The molecule has 1 rings (SSSR count). The average molecular weight is 224 g/mol. The largest absolute Gasteiger partial charge is 0.462 e. The van der Waals surface area contributed by atoms with Crippen molar-refractivity contribution in [1.29, 1.82) is 0 Å². The van der Waals surface area contributed by atoms with Gasteiger partial charge in [-0.3, -0.25) is 0 Å². The highest BCUT2D eigenvalue weighted by Crippen LogP contribution is 2.21. The van der Waals surface area contributed by atoms with Crippen LogP contribution in [-0.4, -0.2) is 29.4 Å². The lowest BCUT2D eigenvalue weighted by Crippen LogP contribution is -2.11. The zero-order chi connectivity index (χ0) is 12.0. The Hall–Kier alpha value is -1.39. The number of aliphatic hydroxyl groups excluding tert-OH is 2. The minimum absolute atomic E-state index is 0.127. The Kier molecular flexibility index (Phi) is 4.95. The lowest BCUT2D eigenvalue weighted by Gasteiger charge is -2.13. The van der Waals surface area contributed by atoms with E-state index in [1.54, 1.807) is 31.2 Å². The predicted octanol–water partition coefficient (Wildman–Crippen LogP) is 1.28. The van der Waals surface area contributed by atoms with Gasteiger partial charge in [-0.2, -0.15) is 0 Å². The number of hydrogen-bond acceptors (Lipinski definition) is 4. The van der Waals surface area contributed by atoms with Gasteiger partial charge in [0.05, 0.1) is 18.3 Å². The van der Waals surface area contributed by atoms with E-state index in [9.17, 15) is 9.90 Å². The van der Waals surface area contributed by atoms with Gasteiger partial charge in [0.25, 0.3) is 0 Å². The van der Waals surface area contributed by atoms with Crippen LogP contribution in [-0.2, 0) is 4.74 Å². The Labute approximate surface area is 94.5 Å². The summed E-state index contributed by atoms with van der Waals surface area (Å²) in [5, 5.41) is 18.5. The highest BCUT2D eigenvalue weighted by molar-refractivity contribution is 5.91. The Morgan fingerprint density at radius 3 is 2.75 bits per heavy atom. The SMILES string of the molecule is CCOC(=O)c1ccccc1C(O)CCO. The van der Waals surface area contributed by atoms with Gasteiger partial charge in [-0.25, -0.2) is 4.79 Å². The van der Waals surface area contributed by atoms with Gasteiger partial charge in [0, 0.05) is 13.0 Å². The number of benzene rings is 1. The molecule has 4 heteroatoms. The predicted molar refractivity (Wildman–Crippen MR) is 59.1 cm³/mol. The average Bonchev–Trinajstić information content (AvgIpc) is 2.30. The summed E-state index contributed by atoms with van der Waals surface area (Å²) in [5.41, 5.74) is 0.848. The summed E-state index contributed by atoms with van der Waals surface area (Å²) in [6.07, 6.45) is -0.637. The van der Waals surface area contributed by atoms with Gasteiger partial charge < -0.3 is 14.9 Å². The molecule has 0 saturated carbocycles.